The molecule has 0 spiro atoms. The van der Waals surface area contributed by atoms with Crippen LogP contribution in [0.5, 0.6) is 0 Å². The predicted octanol–water partition coefficient (Wildman–Crippen LogP) is 4.03. The standard InChI is InChI=1S/C20H25BrO5/c1-3-25-19(23)18(20(24)26-4-2)17(13-9-11-14(21)12-10-13)15-7-5-6-8-16(15)22/h9-12,15,17-18H,3-8H2,1-2H3/t15-,17+/m1/s1. The smallest absolute Gasteiger partial charge is 0.320 e. The molecule has 142 valence electrons. The molecule has 0 heterocycles. The molecule has 1 aromatic carbocycles. The van der Waals surface area contributed by atoms with Gasteiger partial charge in [0.2, 0.25) is 0 Å². The van der Waals surface area contributed by atoms with Crippen molar-refractivity contribution in [3.05, 3.63) is 34.3 Å². The number of carbonyl (C=O) groups is 3. The lowest BCUT2D eigenvalue weighted by Gasteiger charge is -2.33. The third-order valence-electron chi connectivity index (χ3n) is 4.73. The molecular weight excluding hydrogens is 400 g/mol. The summed E-state index contributed by atoms with van der Waals surface area (Å²) in [4.78, 5) is 37.9. The SMILES string of the molecule is CCOC(=O)C(C(=O)OCC)[C@@H](c1ccc(Br)cc1)[C@@H]1CCCCC1=O. The van der Waals surface area contributed by atoms with Crippen LogP contribution in [0.15, 0.2) is 28.7 Å². The van der Waals surface area contributed by atoms with Gasteiger partial charge in [-0.05, 0) is 44.4 Å². The molecule has 0 amide bonds. The second-order valence-corrected chi connectivity index (χ2v) is 7.29. The minimum absolute atomic E-state index is 0.0998. The number of ketones is 1. The maximum atomic E-state index is 12.6. The minimum Gasteiger partial charge on any atom is -0.465 e. The topological polar surface area (TPSA) is 69.7 Å². The van der Waals surface area contributed by atoms with Crippen LogP contribution in [0.2, 0.25) is 0 Å². The van der Waals surface area contributed by atoms with Gasteiger partial charge in [-0.25, -0.2) is 0 Å². The Labute approximate surface area is 162 Å². The maximum Gasteiger partial charge on any atom is 0.320 e. The van der Waals surface area contributed by atoms with Crippen LogP contribution in [-0.4, -0.2) is 30.9 Å². The van der Waals surface area contributed by atoms with Crippen LogP contribution in [0.25, 0.3) is 0 Å². The lowest BCUT2D eigenvalue weighted by molar-refractivity contribution is -0.163. The van der Waals surface area contributed by atoms with Gasteiger partial charge in [0.1, 0.15) is 5.78 Å². The third-order valence-corrected chi connectivity index (χ3v) is 5.26. The Bertz CT molecular complexity index is 622. The van der Waals surface area contributed by atoms with Crippen molar-refractivity contribution in [1.29, 1.82) is 0 Å². The van der Waals surface area contributed by atoms with Crippen molar-refractivity contribution >= 4 is 33.7 Å². The minimum atomic E-state index is -1.14. The number of esters is 2. The lowest BCUT2D eigenvalue weighted by atomic mass is 9.70. The van der Waals surface area contributed by atoms with Crippen molar-refractivity contribution < 1.29 is 23.9 Å². The molecule has 1 fully saturated rings. The molecule has 2 rings (SSSR count). The van der Waals surface area contributed by atoms with Crippen LogP contribution < -0.4 is 0 Å². The number of benzene rings is 1. The van der Waals surface area contributed by atoms with Crippen LogP contribution in [0.4, 0.5) is 0 Å². The molecule has 6 heteroatoms. The van der Waals surface area contributed by atoms with Gasteiger partial charge in [-0.1, -0.05) is 34.5 Å². The first-order valence-corrected chi connectivity index (χ1v) is 9.90. The zero-order chi connectivity index (χ0) is 19.1. The van der Waals surface area contributed by atoms with Gasteiger partial charge in [-0.3, -0.25) is 14.4 Å². The van der Waals surface area contributed by atoms with Crippen LogP contribution in [0.3, 0.4) is 0 Å². The van der Waals surface area contributed by atoms with Crippen LogP contribution in [0, 0.1) is 11.8 Å². The third kappa shape index (κ3) is 4.93. The molecule has 2 atom stereocenters. The molecule has 0 N–H and O–H groups in total. The van der Waals surface area contributed by atoms with Crippen molar-refractivity contribution in [1.82, 2.24) is 0 Å². The second kappa shape index (κ2) is 9.86. The van der Waals surface area contributed by atoms with E-state index >= 15 is 0 Å². The zero-order valence-corrected chi connectivity index (χ0v) is 16.8. The number of hydrogen-bond donors (Lipinski definition) is 0. The van der Waals surface area contributed by atoms with E-state index in [1.54, 1.807) is 13.8 Å². The van der Waals surface area contributed by atoms with Gasteiger partial charge >= 0.3 is 11.9 Å². The number of hydrogen-bond acceptors (Lipinski definition) is 5. The molecule has 0 aliphatic heterocycles. The van der Waals surface area contributed by atoms with Crippen molar-refractivity contribution in [2.45, 2.75) is 45.4 Å². The number of Topliss-reactive ketones (excluding diaryl/α,β-unsaturated/α-hetero) is 1. The van der Waals surface area contributed by atoms with Gasteiger partial charge in [-0.15, -0.1) is 0 Å². The zero-order valence-electron chi connectivity index (χ0n) is 15.2. The van der Waals surface area contributed by atoms with Gasteiger partial charge in [-0.2, -0.15) is 0 Å². The van der Waals surface area contributed by atoms with Gasteiger partial charge < -0.3 is 9.47 Å². The first kappa shape index (κ1) is 20.6. The second-order valence-electron chi connectivity index (χ2n) is 6.38. The normalized spacial score (nSPS) is 18.5. The Hall–Kier alpha value is -1.69. The molecule has 0 unspecified atom stereocenters. The Morgan fingerprint density at radius 1 is 1.08 bits per heavy atom. The Morgan fingerprint density at radius 2 is 1.65 bits per heavy atom. The number of carbonyl (C=O) groups excluding carboxylic acids is 3. The van der Waals surface area contributed by atoms with Gasteiger partial charge in [0, 0.05) is 22.7 Å². The molecule has 1 aromatic rings. The summed E-state index contributed by atoms with van der Waals surface area (Å²) in [5.74, 6) is -3.25. The molecule has 0 bridgehead atoms. The van der Waals surface area contributed by atoms with E-state index in [1.807, 2.05) is 24.3 Å². The van der Waals surface area contributed by atoms with E-state index in [4.69, 9.17) is 9.47 Å². The van der Waals surface area contributed by atoms with E-state index in [2.05, 4.69) is 15.9 Å². The average Bonchev–Trinajstić information content (AvgIpc) is 2.61. The molecule has 5 nitrogen and oxygen atoms in total. The average molecular weight is 425 g/mol. The highest BCUT2D eigenvalue weighted by atomic mass is 79.9. The van der Waals surface area contributed by atoms with Gasteiger partial charge in [0.05, 0.1) is 13.2 Å². The van der Waals surface area contributed by atoms with E-state index < -0.39 is 23.8 Å². The fourth-order valence-electron chi connectivity index (χ4n) is 3.59. The first-order chi connectivity index (χ1) is 12.5. The summed E-state index contributed by atoms with van der Waals surface area (Å²) in [7, 11) is 0. The molecular formula is C20H25BrO5. The molecule has 1 aliphatic carbocycles. The lowest BCUT2D eigenvalue weighted by Crippen LogP contribution is -2.39. The van der Waals surface area contributed by atoms with Crippen molar-refractivity contribution in [2.75, 3.05) is 13.2 Å². The number of ether oxygens (including phenoxy) is 2. The Balaban J connectivity index is 2.49. The van der Waals surface area contributed by atoms with Gasteiger partial charge in [0.25, 0.3) is 0 Å². The van der Waals surface area contributed by atoms with E-state index in [0.29, 0.717) is 12.8 Å². The summed E-state index contributed by atoms with van der Waals surface area (Å²) in [5, 5.41) is 0. The fourth-order valence-corrected chi connectivity index (χ4v) is 3.85. The molecule has 0 aromatic heterocycles. The van der Waals surface area contributed by atoms with E-state index in [0.717, 1.165) is 22.9 Å². The first-order valence-electron chi connectivity index (χ1n) is 9.11. The van der Waals surface area contributed by atoms with Crippen molar-refractivity contribution in [3.8, 4) is 0 Å². The summed E-state index contributed by atoms with van der Waals surface area (Å²) < 4.78 is 11.2. The summed E-state index contributed by atoms with van der Waals surface area (Å²) in [6.45, 7) is 3.72. The highest BCUT2D eigenvalue weighted by Crippen LogP contribution is 2.40. The Morgan fingerprint density at radius 3 is 2.15 bits per heavy atom. The molecule has 1 aliphatic rings. The highest BCUT2D eigenvalue weighted by Gasteiger charge is 2.45. The summed E-state index contributed by atoms with van der Waals surface area (Å²) >= 11 is 3.40. The maximum absolute atomic E-state index is 12.6. The quantitative estimate of drug-likeness (QED) is 0.487. The summed E-state index contributed by atoms with van der Waals surface area (Å²) in [5.41, 5.74) is 0.777. The number of rotatable bonds is 7. The molecule has 0 radical (unpaired) electrons. The largest absolute Gasteiger partial charge is 0.465 e. The van der Waals surface area contributed by atoms with Gasteiger partial charge in [0.15, 0.2) is 5.92 Å². The highest BCUT2D eigenvalue weighted by molar-refractivity contribution is 9.10. The van der Waals surface area contributed by atoms with Crippen LogP contribution in [-0.2, 0) is 23.9 Å². The molecule has 26 heavy (non-hydrogen) atoms. The summed E-state index contributed by atoms with van der Waals surface area (Å²) in [6.07, 6.45) is 2.90. The Kier molecular flexibility index (Phi) is 7.82. The van der Waals surface area contributed by atoms with Crippen molar-refractivity contribution in [3.63, 3.8) is 0 Å². The number of halogens is 1. The van der Waals surface area contributed by atoms with Crippen molar-refractivity contribution in [2.24, 2.45) is 11.8 Å². The molecule has 1 saturated carbocycles. The van der Waals surface area contributed by atoms with E-state index in [-0.39, 0.29) is 24.9 Å². The van der Waals surface area contributed by atoms with Crippen LogP contribution in [0.1, 0.15) is 51.0 Å². The molecule has 0 saturated heterocycles. The monoisotopic (exact) mass is 424 g/mol. The summed E-state index contributed by atoms with van der Waals surface area (Å²) in [6, 6.07) is 7.40. The van der Waals surface area contributed by atoms with E-state index in [9.17, 15) is 14.4 Å². The van der Waals surface area contributed by atoms with E-state index in [1.165, 1.54) is 0 Å². The predicted molar refractivity (Wildman–Crippen MR) is 101 cm³/mol. The fraction of sp³-hybridized carbons (Fsp3) is 0.550. The van der Waals surface area contributed by atoms with Crippen LogP contribution >= 0.6 is 15.9 Å².